The Hall–Kier alpha value is -2.73. The molecular weight excluding hydrogens is 418 g/mol. The number of aromatic nitrogens is 2. The minimum Gasteiger partial charge on any atom is -0.351 e. The first-order chi connectivity index (χ1) is 15.5. The minimum atomic E-state index is -0.185. The summed E-state index contributed by atoms with van der Waals surface area (Å²) in [6.45, 7) is 0.763. The maximum Gasteiger partial charge on any atom is 0.266 e. The second kappa shape index (κ2) is 7.41. The van der Waals surface area contributed by atoms with E-state index in [4.69, 9.17) is 12.2 Å². The van der Waals surface area contributed by atoms with E-state index in [-0.39, 0.29) is 11.5 Å². The van der Waals surface area contributed by atoms with E-state index in [0.29, 0.717) is 26.7 Å². The molecule has 164 valence electrons. The van der Waals surface area contributed by atoms with Gasteiger partial charge in [-0.15, -0.1) is 0 Å². The lowest BCUT2D eigenvalue weighted by Crippen LogP contribution is -2.51. The van der Waals surface area contributed by atoms with Crippen LogP contribution >= 0.6 is 12.2 Å². The topological polar surface area (TPSA) is 66.9 Å². The van der Waals surface area contributed by atoms with E-state index in [2.05, 4.69) is 10.3 Å². The van der Waals surface area contributed by atoms with Crippen LogP contribution in [-0.2, 0) is 0 Å². The fourth-order valence-corrected chi connectivity index (χ4v) is 7.35. The van der Waals surface area contributed by atoms with Crippen molar-refractivity contribution in [3.05, 3.63) is 69.2 Å². The highest BCUT2D eigenvalue weighted by Crippen LogP contribution is 2.59. The van der Waals surface area contributed by atoms with Gasteiger partial charge in [-0.2, -0.15) is 0 Å². The predicted octanol–water partition coefficient (Wildman–Crippen LogP) is 4.99. The summed E-state index contributed by atoms with van der Waals surface area (Å²) >= 11 is 5.46. The monoisotopic (exact) mass is 445 g/mol. The second-order valence-corrected chi connectivity index (χ2v) is 10.7. The first-order valence-electron chi connectivity index (χ1n) is 11.6. The van der Waals surface area contributed by atoms with E-state index >= 15 is 0 Å². The molecule has 0 saturated heterocycles. The smallest absolute Gasteiger partial charge is 0.266 e. The van der Waals surface area contributed by atoms with Crippen LogP contribution in [0.5, 0.6) is 0 Å². The molecule has 6 heteroatoms. The molecule has 0 radical (unpaired) electrons. The van der Waals surface area contributed by atoms with Gasteiger partial charge in [-0.1, -0.05) is 18.2 Å². The molecule has 7 rings (SSSR count). The third kappa shape index (κ3) is 3.32. The van der Waals surface area contributed by atoms with Crippen molar-refractivity contribution in [1.82, 2.24) is 14.9 Å². The second-order valence-electron chi connectivity index (χ2n) is 10.3. The zero-order valence-electron chi connectivity index (χ0n) is 18.0. The lowest BCUT2D eigenvalue weighted by molar-refractivity contribution is -0.0503. The first kappa shape index (κ1) is 19.9. The summed E-state index contributed by atoms with van der Waals surface area (Å²) in [6, 6.07) is 14.6. The van der Waals surface area contributed by atoms with Gasteiger partial charge in [0.2, 0.25) is 0 Å². The molecule has 2 aromatic carbocycles. The maximum atomic E-state index is 13.1. The average Bonchev–Trinajstić information content (AvgIpc) is 2.77. The summed E-state index contributed by atoms with van der Waals surface area (Å²) in [6.07, 6.45) is 8.00. The number of carbonyl (C=O) groups excluding carboxylic acids is 1. The van der Waals surface area contributed by atoms with Gasteiger partial charge in [0, 0.05) is 12.1 Å². The molecule has 0 unspecified atom stereocenters. The third-order valence-corrected chi connectivity index (χ3v) is 8.25. The Balaban J connectivity index is 1.26. The quantitative estimate of drug-likeness (QED) is 0.556. The van der Waals surface area contributed by atoms with Crippen molar-refractivity contribution in [3.63, 3.8) is 0 Å². The fourth-order valence-electron chi connectivity index (χ4n) is 7.05. The summed E-state index contributed by atoms with van der Waals surface area (Å²) in [5, 5.41) is 3.74. The Morgan fingerprint density at radius 3 is 2.34 bits per heavy atom. The maximum absolute atomic E-state index is 13.1. The average molecular weight is 446 g/mol. The number of fused-ring (bicyclic) bond motifs is 1. The molecule has 5 nitrogen and oxygen atoms in total. The van der Waals surface area contributed by atoms with Crippen LogP contribution < -0.4 is 10.9 Å². The number of hydrogen-bond acceptors (Lipinski definition) is 3. The van der Waals surface area contributed by atoms with Gasteiger partial charge in [0.05, 0.1) is 16.6 Å². The molecule has 4 aliphatic carbocycles. The summed E-state index contributed by atoms with van der Waals surface area (Å²) < 4.78 is 1.81. The summed E-state index contributed by atoms with van der Waals surface area (Å²) in [5.41, 5.74) is 1.98. The summed E-state index contributed by atoms with van der Waals surface area (Å²) in [7, 11) is 0. The highest BCUT2D eigenvalue weighted by molar-refractivity contribution is 7.71. The van der Waals surface area contributed by atoms with Crippen LogP contribution in [0.2, 0.25) is 0 Å². The first-order valence-corrected chi connectivity index (χ1v) is 12.0. The van der Waals surface area contributed by atoms with Gasteiger partial charge in [0.25, 0.3) is 11.5 Å². The number of amides is 1. The molecule has 0 spiro atoms. The van der Waals surface area contributed by atoms with Crippen LogP contribution in [-0.4, -0.2) is 22.0 Å². The number of para-hydroxylation sites is 1. The van der Waals surface area contributed by atoms with Gasteiger partial charge < -0.3 is 10.3 Å². The molecule has 32 heavy (non-hydrogen) atoms. The lowest BCUT2D eigenvalue weighted by atomic mass is 9.49. The molecule has 4 fully saturated rings. The summed E-state index contributed by atoms with van der Waals surface area (Å²) in [5.74, 6) is 2.52. The number of carbonyl (C=O) groups is 1. The van der Waals surface area contributed by atoms with Gasteiger partial charge in [-0.05, 0) is 104 Å². The summed E-state index contributed by atoms with van der Waals surface area (Å²) in [4.78, 5) is 29.2. The van der Waals surface area contributed by atoms with Crippen LogP contribution in [0.4, 0.5) is 0 Å². The van der Waals surface area contributed by atoms with E-state index in [0.717, 1.165) is 30.0 Å². The van der Waals surface area contributed by atoms with Gasteiger partial charge in [0.1, 0.15) is 0 Å². The molecule has 0 atom stereocenters. The van der Waals surface area contributed by atoms with Gasteiger partial charge >= 0.3 is 0 Å². The number of rotatable bonds is 4. The SMILES string of the molecule is O=C(NCC12CC3CC(CC(C3)C1)C2)c1ccc2c(=O)n(-c3ccccc3)c(=S)[nH]c2c1. The van der Waals surface area contributed by atoms with Crippen molar-refractivity contribution in [2.24, 2.45) is 23.2 Å². The zero-order valence-corrected chi connectivity index (χ0v) is 18.8. The number of aromatic amines is 1. The van der Waals surface area contributed by atoms with Crippen LogP contribution in [0.1, 0.15) is 48.9 Å². The Morgan fingerprint density at radius 2 is 1.69 bits per heavy atom. The normalized spacial score (nSPS) is 28.2. The van der Waals surface area contributed by atoms with Crippen molar-refractivity contribution >= 4 is 29.0 Å². The van der Waals surface area contributed by atoms with E-state index < -0.39 is 0 Å². The highest BCUT2D eigenvalue weighted by atomic mass is 32.1. The van der Waals surface area contributed by atoms with E-state index in [1.165, 1.54) is 43.1 Å². The van der Waals surface area contributed by atoms with Crippen molar-refractivity contribution in [2.45, 2.75) is 38.5 Å². The van der Waals surface area contributed by atoms with Gasteiger partial charge in [0.15, 0.2) is 4.77 Å². The molecular formula is C26H27N3O2S. The standard InChI is InChI=1S/C26H27N3O2S/c30-23(27-15-26-12-16-8-17(13-26)10-18(9-16)14-26)19-6-7-21-22(11-19)28-25(32)29(24(21)31)20-4-2-1-3-5-20/h1-7,11,16-18H,8-10,12-15H2,(H,27,30)(H,28,32). The van der Waals surface area contributed by atoms with Gasteiger partial charge in [-0.3, -0.25) is 14.2 Å². The molecule has 0 aliphatic heterocycles. The molecule has 2 N–H and O–H groups in total. The number of nitrogens with zero attached hydrogens (tertiary/aromatic N) is 1. The number of H-pyrrole nitrogens is 1. The third-order valence-electron chi connectivity index (χ3n) is 7.96. The van der Waals surface area contributed by atoms with Crippen LogP contribution in [0.15, 0.2) is 53.3 Å². The van der Waals surface area contributed by atoms with E-state index in [9.17, 15) is 9.59 Å². The van der Waals surface area contributed by atoms with Crippen molar-refractivity contribution in [3.8, 4) is 5.69 Å². The largest absolute Gasteiger partial charge is 0.351 e. The Morgan fingerprint density at radius 1 is 1.03 bits per heavy atom. The van der Waals surface area contributed by atoms with Crippen LogP contribution in [0, 0.1) is 27.9 Å². The molecule has 1 heterocycles. The van der Waals surface area contributed by atoms with E-state index in [1.54, 1.807) is 18.2 Å². The number of benzene rings is 2. The van der Waals surface area contributed by atoms with Gasteiger partial charge in [-0.25, -0.2) is 0 Å². The zero-order chi connectivity index (χ0) is 21.9. The number of nitrogens with one attached hydrogen (secondary N) is 2. The number of hydrogen-bond donors (Lipinski definition) is 2. The van der Waals surface area contributed by atoms with Crippen molar-refractivity contribution in [2.75, 3.05) is 6.54 Å². The molecule has 4 saturated carbocycles. The fraction of sp³-hybridized carbons (Fsp3) is 0.423. The molecule has 1 amide bonds. The Kier molecular flexibility index (Phi) is 4.61. The molecule has 3 aromatic rings. The Bertz CT molecular complexity index is 1290. The van der Waals surface area contributed by atoms with Crippen LogP contribution in [0.25, 0.3) is 16.6 Å². The predicted molar refractivity (Wildman–Crippen MR) is 128 cm³/mol. The van der Waals surface area contributed by atoms with Crippen LogP contribution in [0.3, 0.4) is 0 Å². The van der Waals surface area contributed by atoms with Crippen molar-refractivity contribution < 1.29 is 4.79 Å². The lowest BCUT2D eigenvalue weighted by Gasteiger charge is -2.56. The molecule has 1 aromatic heterocycles. The Labute approximate surface area is 191 Å². The minimum absolute atomic E-state index is 0.0748. The highest BCUT2D eigenvalue weighted by Gasteiger charge is 2.50. The molecule has 4 aliphatic rings. The van der Waals surface area contributed by atoms with E-state index in [1.807, 2.05) is 30.3 Å². The molecule has 4 bridgehead atoms. The van der Waals surface area contributed by atoms with Crippen molar-refractivity contribution in [1.29, 1.82) is 0 Å².